The Balaban J connectivity index is 2.34. The first-order valence-corrected chi connectivity index (χ1v) is 6.83. The van der Waals surface area contributed by atoms with Crippen LogP contribution in [0, 0.1) is 11.8 Å². The summed E-state index contributed by atoms with van der Waals surface area (Å²) in [6.45, 7) is 4.35. The molecule has 17 heavy (non-hydrogen) atoms. The van der Waals surface area contributed by atoms with Crippen LogP contribution in [-0.4, -0.2) is 30.2 Å². The molecule has 0 aromatic heterocycles. The molecule has 4 nitrogen and oxygen atoms in total. The summed E-state index contributed by atoms with van der Waals surface area (Å²) in [7, 11) is 0. The number of hydrogen-bond acceptors (Lipinski definition) is 3. The summed E-state index contributed by atoms with van der Waals surface area (Å²) in [5, 5.41) is 5.50. The normalized spacial score (nSPS) is 25.4. The maximum Gasteiger partial charge on any atom is 0.243 e. The summed E-state index contributed by atoms with van der Waals surface area (Å²) in [5.74, 6) is 1.26. The van der Waals surface area contributed by atoms with E-state index in [0.717, 1.165) is 0 Å². The first-order valence-electron chi connectivity index (χ1n) is 6.20. The van der Waals surface area contributed by atoms with Crippen molar-refractivity contribution in [2.45, 2.75) is 39.2 Å². The SMILES string of the molecule is CC(=O)NC(CS)C(=O)NCC1CCCC1C. The number of carbonyl (C=O) groups excluding carboxylic acids is 2. The van der Waals surface area contributed by atoms with E-state index in [1.807, 2.05) is 0 Å². The van der Waals surface area contributed by atoms with Gasteiger partial charge in [-0.15, -0.1) is 0 Å². The highest BCUT2D eigenvalue weighted by Gasteiger charge is 2.25. The summed E-state index contributed by atoms with van der Waals surface area (Å²) in [5.41, 5.74) is 0. The number of thiol groups is 1. The zero-order valence-electron chi connectivity index (χ0n) is 10.5. The molecule has 1 fully saturated rings. The third kappa shape index (κ3) is 4.58. The monoisotopic (exact) mass is 258 g/mol. The minimum absolute atomic E-state index is 0.130. The molecule has 1 aliphatic rings. The quantitative estimate of drug-likeness (QED) is 0.644. The van der Waals surface area contributed by atoms with Crippen LogP contribution in [0.5, 0.6) is 0 Å². The molecule has 98 valence electrons. The highest BCUT2D eigenvalue weighted by molar-refractivity contribution is 7.80. The molecule has 2 amide bonds. The summed E-state index contributed by atoms with van der Waals surface area (Å²) >= 11 is 4.07. The van der Waals surface area contributed by atoms with Crippen molar-refractivity contribution in [3.8, 4) is 0 Å². The molecule has 1 aliphatic carbocycles. The predicted octanol–water partition coefficient (Wildman–Crippen LogP) is 0.973. The summed E-state index contributed by atoms with van der Waals surface area (Å²) in [6.07, 6.45) is 3.69. The first-order chi connectivity index (χ1) is 8.04. The van der Waals surface area contributed by atoms with Gasteiger partial charge in [0.05, 0.1) is 0 Å². The van der Waals surface area contributed by atoms with Crippen molar-refractivity contribution in [3.05, 3.63) is 0 Å². The van der Waals surface area contributed by atoms with Crippen molar-refractivity contribution in [1.82, 2.24) is 10.6 Å². The van der Waals surface area contributed by atoms with E-state index < -0.39 is 6.04 Å². The molecular weight excluding hydrogens is 236 g/mol. The summed E-state index contributed by atoms with van der Waals surface area (Å²) < 4.78 is 0. The van der Waals surface area contributed by atoms with Crippen molar-refractivity contribution in [2.24, 2.45) is 11.8 Å². The van der Waals surface area contributed by atoms with Crippen LogP contribution in [0.25, 0.3) is 0 Å². The van der Waals surface area contributed by atoms with Gasteiger partial charge in [0.15, 0.2) is 0 Å². The van der Waals surface area contributed by atoms with Gasteiger partial charge < -0.3 is 10.6 Å². The van der Waals surface area contributed by atoms with Crippen molar-refractivity contribution in [1.29, 1.82) is 0 Å². The molecule has 0 spiro atoms. The average molecular weight is 258 g/mol. The Morgan fingerprint density at radius 3 is 2.59 bits per heavy atom. The molecule has 0 bridgehead atoms. The van der Waals surface area contributed by atoms with E-state index in [0.29, 0.717) is 24.1 Å². The molecule has 0 aromatic carbocycles. The van der Waals surface area contributed by atoms with Crippen LogP contribution in [-0.2, 0) is 9.59 Å². The standard InChI is InChI=1S/C12H22N2O2S/c1-8-4-3-5-10(8)6-13-12(16)11(7-17)14-9(2)15/h8,10-11,17H,3-7H2,1-2H3,(H,13,16)(H,14,15). The molecule has 2 N–H and O–H groups in total. The first kappa shape index (κ1) is 14.4. The van der Waals surface area contributed by atoms with Crippen molar-refractivity contribution in [2.75, 3.05) is 12.3 Å². The van der Waals surface area contributed by atoms with Gasteiger partial charge in [-0.05, 0) is 18.3 Å². The second kappa shape index (κ2) is 6.89. The van der Waals surface area contributed by atoms with Crippen LogP contribution in [0.3, 0.4) is 0 Å². The average Bonchev–Trinajstić information content (AvgIpc) is 2.68. The lowest BCUT2D eigenvalue weighted by Gasteiger charge is -2.19. The van der Waals surface area contributed by atoms with Crippen LogP contribution in [0.4, 0.5) is 0 Å². The molecule has 0 saturated heterocycles. The third-order valence-corrected chi connectivity index (χ3v) is 3.82. The Bertz CT molecular complexity index is 284. The van der Waals surface area contributed by atoms with E-state index in [1.165, 1.54) is 26.2 Å². The van der Waals surface area contributed by atoms with E-state index >= 15 is 0 Å². The highest BCUT2D eigenvalue weighted by atomic mass is 32.1. The van der Waals surface area contributed by atoms with Crippen LogP contribution in [0.15, 0.2) is 0 Å². The highest BCUT2D eigenvalue weighted by Crippen LogP contribution is 2.30. The van der Waals surface area contributed by atoms with Crippen molar-refractivity contribution >= 4 is 24.4 Å². The zero-order valence-corrected chi connectivity index (χ0v) is 11.4. The van der Waals surface area contributed by atoms with Crippen molar-refractivity contribution < 1.29 is 9.59 Å². The van der Waals surface area contributed by atoms with Gasteiger partial charge >= 0.3 is 0 Å². The maximum absolute atomic E-state index is 11.8. The van der Waals surface area contributed by atoms with Crippen LogP contribution in [0.1, 0.15) is 33.1 Å². The number of nitrogens with one attached hydrogen (secondary N) is 2. The topological polar surface area (TPSA) is 58.2 Å². The van der Waals surface area contributed by atoms with E-state index in [2.05, 4.69) is 30.2 Å². The third-order valence-electron chi connectivity index (χ3n) is 3.45. The molecule has 0 aromatic rings. The maximum atomic E-state index is 11.8. The Kier molecular flexibility index (Phi) is 5.82. The number of rotatable bonds is 5. The fourth-order valence-corrected chi connectivity index (χ4v) is 2.58. The van der Waals surface area contributed by atoms with Crippen LogP contribution < -0.4 is 10.6 Å². The van der Waals surface area contributed by atoms with Gasteiger partial charge in [0.25, 0.3) is 0 Å². The summed E-state index contributed by atoms with van der Waals surface area (Å²) in [4.78, 5) is 22.7. The minimum atomic E-state index is -0.521. The molecule has 1 saturated carbocycles. The van der Waals surface area contributed by atoms with Gasteiger partial charge in [0.2, 0.25) is 11.8 Å². The molecule has 3 unspecified atom stereocenters. The number of hydrogen-bond donors (Lipinski definition) is 3. The van der Waals surface area contributed by atoms with Crippen LogP contribution >= 0.6 is 12.6 Å². The van der Waals surface area contributed by atoms with Crippen LogP contribution in [0.2, 0.25) is 0 Å². The predicted molar refractivity (Wildman–Crippen MR) is 71.0 cm³/mol. The lowest BCUT2D eigenvalue weighted by atomic mass is 9.98. The lowest BCUT2D eigenvalue weighted by molar-refractivity contribution is -0.127. The Morgan fingerprint density at radius 2 is 2.12 bits per heavy atom. The van der Waals surface area contributed by atoms with Gasteiger partial charge in [-0.2, -0.15) is 12.6 Å². The van der Waals surface area contributed by atoms with Gasteiger partial charge in [-0.1, -0.05) is 19.8 Å². The molecule has 0 radical (unpaired) electrons. The number of amides is 2. The Hall–Kier alpha value is -0.710. The smallest absolute Gasteiger partial charge is 0.243 e. The van der Waals surface area contributed by atoms with E-state index in [4.69, 9.17) is 0 Å². The van der Waals surface area contributed by atoms with E-state index in [9.17, 15) is 9.59 Å². The fourth-order valence-electron chi connectivity index (χ4n) is 2.32. The molecule has 0 aliphatic heterocycles. The molecule has 0 heterocycles. The van der Waals surface area contributed by atoms with E-state index in [-0.39, 0.29) is 11.8 Å². The van der Waals surface area contributed by atoms with Gasteiger partial charge in [-0.3, -0.25) is 9.59 Å². The second-order valence-corrected chi connectivity index (χ2v) is 5.21. The summed E-state index contributed by atoms with van der Waals surface area (Å²) in [6, 6.07) is -0.521. The lowest BCUT2D eigenvalue weighted by Crippen LogP contribution is -2.48. The Morgan fingerprint density at radius 1 is 1.41 bits per heavy atom. The molecule has 5 heteroatoms. The molecule has 1 rings (SSSR count). The minimum Gasteiger partial charge on any atom is -0.354 e. The Labute approximate surface area is 108 Å². The molecular formula is C12H22N2O2S. The fraction of sp³-hybridized carbons (Fsp3) is 0.833. The van der Waals surface area contributed by atoms with Gasteiger partial charge in [-0.25, -0.2) is 0 Å². The molecule has 3 atom stereocenters. The number of carbonyl (C=O) groups is 2. The van der Waals surface area contributed by atoms with E-state index in [1.54, 1.807) is 0 Å². The largest absolute Gasteiger partial charge is 0.354 e. The zero-order chi connectivity index (χ0) is 12.8. The van der Waals surface area contributed by atoms with Crippen molar-refractivity contribution in [3.63, 3.8) is 0 Å². The second-order valence-electron chi connectivity index (χ2n) is 4.85. The van der Waals surface area contributed by atoms with Gasteiger partial charge in [0, 0.05) is 19.2 Å². The van der Waals surface area contributed by atoms with Gasteiger partial charge in [0.1, 0.15) is 6.04 Å².